The van der Waals surface area contributed by atoms with E-state index in [4.69, 9.17) is 0 Å². The topological polar surface area (TPSA) is 44.8 Å². The van der Waals surface area contributed by atoms with Crippen LogP contribution >= 0.6 is 0 Å². The number of carbonyl (C=O) groups is 1. The largest absolute Gasteiger partial charge is 0.573 e. The Balaban J connectivity index is 1.14. The molecule has 1 amide bonds. The molecule has 2 saturated heterocycles. The first-order valence-electron chi connectivity index (χ1n) is 12.6. The van der Waals surface area contributed by atoms with Crippen molar-refractivity contribution in [1.82, 2.24) is 10.2 Å². The van der Waals surface area contributed by atoms with Crippen LogP contribution in [0.15, 0.2) is 48.5 Å². The molecule has 5 nitrogen and oxygen atoms in total. The second kappa shape index (κ2) is 12.0. The first kappa shape index (κ1) is 26.3. The third kappa shape index (κ3) is 7.59. The summed E-state index contributed by atoms with van der Waals surface area (Å²) in [7, 11) is 0. The van der Waals surface area contributed by atoms with Crippen molar-refractivity contribution in [2.45, 2.75) is 45.0 Å². The standard InChI is InChI=1S/C27H33F4N3O2/c28-24-18-23(36-27(29,30)31)6-7-25(24)34-16-11-22(12-17-34)26(35)32-13-8-20-9-14-33(15-10-20)19-21-4-2-1-3-5-21/h1-7,18,20,22H,8-17,19H2,(H,32,35). The molecule has 2 fully saturated rings. The Labute approximate surface area is 209 Å². The highest BCUT2D eigenvalue weighted by Crippen LogP contribution is 2.31. The first-order valence-corrected chi connectivity index (χ1v) is 12.6. The number of piperidine rings is 2. The van der Waals surface area contributed by atoms with Crippen molar-refractivity contribution in [3.63, 3.8) is 0 Å². The lowest BCUT2D eigenvalue weighted by atomic mass is 9.92. The molecule has 2 aliphatic heterocycles. The number of amides is 1. The van der Waals surface area contributed by atoms with Gasteiger partial charge in [0.2, 0.25) is 5.91 Å². The summed E-state index contributed by atoms with van der Waals surface area (Å²) in [5, 5.41) is 3.08. The molecule has 0 radical (unpaired) electrons. The molecule has 2 aliphatic rings. The summed E-state index contributed by atoms with van der Waals surface area (Å²) in [5.41, 5.74) is 1.56. The quantitative estimate of drug-likeness (QED) is 0.489. The smallest absolute Gasteiger partial charge is 0.406 e. The average molecular weight is 508 g/mol. The van der Waals surface area contributed by atoms with Crippen molar-refractivity contribution in [2.75, 3.05) is 37.6 Å². The predicted molar refractivity (Wildman–Crippen MR) is 130 cm³/mol. The van der Waals surface area contributed by atoms with Crippen LogP contribution in [0.5, 0.6) is 5.75 Å². The molecule has 0 saturated carbocycles. The molecule has 9 heteroatoms. The number of hydrogen-bond donors (Lipinski definition) is 1. The first-order chi connectivity index (χ1) is 17.3. The van der Waals surface area contributed by atoms with E-state index in [-0.39, 0.29) is 17.5 Å². The lowest BCUT2D eigenvalue weighted by Crippen LogP contribution is -2.41. The van der Waals surface area contributed by atoms with Crippen LogP contribution in [0.25, 0.3) is 0 Å². The molecular weight excluding hydrogens is 474 g/mol. The highest BCUT2D eigenvalue weighted by atomic mass is 19.4. The number of alkyl halides is 3. The summed E-state index contributed by atoms with van der Waals surface area (Å²) in [6.45, 7) is 4.73. The van der Waals surface area contributed by atoms with Crippen molar-refractivity contribution in [1.29, 1.82) is 0 Å². The molecule has 196 valence electrons. The van der Waals surface area contributed by atoms with Gasteiger partial charge in [-0.1, -0.05) is 30.3 Å². The second-order valence-corrected chi connectivity index (χ2v) is 9.71. The Hall–Kier alpha value is -2.81. The van der Waals surface area contributed by atoms with Crippen molar-refractivity contribution in [3.05, 3.63) is 59.9 Å². The highest BCUT2D eigenvalue weighted by molar-refractivity contribution is 5.79. The van der Waals surface area contributed by atoms with Crippen molar-refractivity contribution >= 4 is 11.6 Å². The molecular formula is C27H33F4N3O2. The van der Waals surface area contributed by atoms with Crippen LogP contribution in [0.2, 0.25) is 0 Å². The molecule has 1 N–H and O–H groups in total. The lowest BCUT2D eigenvalue weighted by Gasteiger charge is -2.34. The summed E-state index contributed by atoms with van der Waals surface area (Å²) >= 11 is 0. The number of carbonyl (C=O) groups excluding carboxylic acids is 1. The second-order valence-electron chi connectivity index (χ2n) is 9.71. The molecule has 2 aromatic carbocycles. The summed E-state index contributed by atoms with van der Waals surface area (Å²) in [4.78, 5) is 16.9. The van der Waals surface area contributed by atoms with Crippen molar-refractivity contribution in [2.24, 2.45) is 11.8 Å². The number of nitrogens with zero attached hydrogens (tertiary/aromatic N) is 2. The van der Waals surface area contributed by atoms with Gasteiger partial charge in [0.15, 0.2) is 0 Å². The van der Waals surface area contributed by atoms with Gasteiger partial charge in [0.25, 0.3) is 0 Å². The Morgan fingerprint density at radius 1 is 0.972 bits per heavy atom. The summed E-state index contributed by atoms with van der Waals surface area (Å²) in [6, 6.07) is 13.6. The van der Waals surface area contributed by atoms with E-state index in [0.29, 0.717) is 38.4 Å². The molecule has 4 rings (SSSR count). The third-order valence-electron chi connectivity index (χ3n) is 7.17. The van der Waals surface area contributed by atoms with Crippen LogP contribution in [-0.2, 0) is 11.3 Å². The van der Waals surface area contributed by atoms with Gasteiger partial charge < -0.3 is 15.0 Å². The minimum absolute atomic E-state index is 0.0329. The van der Waals surface area contributed by atoms with E-state index in [1.165, 1.54) is 11.6 Å². The average Bonchev–Trinajstić information content (AvgIpc) is 2.85. The van der Waals surface area contributed by atoms with E-state index in [9.17, 15) is 22.4 Å². The number of nitrogens with one attached hydrogen (secondary N) is 1. The van der Waals surface area contributed by atoms with Crippen LogP contribution in [-0.4, -0.2) is 49.9 Å². The molecule has 0 spiro atoms. The fraction of sp³-hybridized carbons (Fsp3) is 0.519. The van der Waals surface area contributed by atoms with Gasteiger partial charge in [-0.3, -0.25) is 9.69 Å². The molecule has 0 unspecified atom stereocenters. The van der Waals surface area contributed by atoms with Gasteiger partial charge in [0, 0.05) is 38.2 Å². The summed E-state index contributed by atoms with van der Waals surface area (Å²) < 4.78 is 55.1. The molecule has 2 heterocycles. The Bertz CT molecular complexity index is 986. The molecule has 0 atom stereocenters. The summed E-state index contributed by atoms with van der Waals surface area (Å²) in [5.74, 6) is -0.837. The fourth-order valence-corrected chi connectivity index (χ4v) is 5.14. The van der Waals surface area contributed by atoms with Gasteiger partial charge in [0.1, 0.15) is 11.6 Å². The molecule has 0 bridgehead atoms. The fourth-order valence-electron chi connectivity index (χ4n) is 5.14. The van der Waals surface area contributed by atoms with Gasteiger partial charge in [-0.05, 0) is 68.8 Å². The Morgan fingerprint density at radius 3 is 2.31 bits per heavy atom. The number of hydrogen-bond acceptors (Lipinski definition) is 4. The van der Waals surface area contributed by atoms with E-state index in [2.05, 4.69) is 39.2 Å². The van der Waals surface area contributed by atoms with Gasteiger partial charge in [-0.25, -0.2) is 4.39 Å². The van der Waals surface area contributed by atoms with Crippen LogP contribution in [0, 0.1) is 17.7 Å². The predicted octanol–water partition coefficient (Wildman–Crippen LogP) is 5.36. The van der Waals surface area contributed by atoms with Gasteiger partial charge in [-0.15, -0.1) is 13.2 Å². The Morgan fingerprint density at radius 2 is 1.67 bits per heavy atom. The van der Waals surface area contributed by atoms with Gasteiger partial charge >= 0.3 is 6.36 Å². The Kier molecular flexibility index (Phi) is 8.72. The van der Waals surface area contributed by atoms with E-state index in [1.807, 2.05) is 6.07 Å². The molecule has 36 heavy (non-hydrogen) atoms. The molecule has 2 aromatic rings. The summed E-state index contributed by atoms with van der Waals surface area (Å²) in [6.07, 6.45) is -0.465. The minimum Gasteiger partial charge on any atom is -0.406 e. The van der Waals surface area contributed by atoms with E-state index >= 15 is 0 Å². The lowest BCUT2D eigenvalue weighted by molar-refractivity contribution is -0.274. The maximum absolute atomic E-state index is 14.4. The van der Waals surface area contributed by atoms with Crippen LogP contribution < -0.4 is 15.0 Å². The number of halogens is 4. The normalized spacial score (nSPS) is 18.3. The molecule has 0 aromatic heterocycles. The van der Waals surface area contributed by atoms with Crippen LogP contribution in [0.3, 0.4) is 0 Å². The number of likely N-dealkylation sites (tertiary alicyclic amines) is 1. The number of anilines is 1. The number of ether oxygens (including phenoxy) is 1. The number of benzene rings is 2. The van der Waals surface area contributed by atoms with E-state index in [1.54, 1.807) is 4.90 Å². The zero-order chi connectivity index (χ0) is 25.5. The van der Waals surface area contributed by atoms with Gasteiger partial charge in [0.05, 0.1) is 5.69 Å². The van der Waals surface area contributed by atoms with Crippen molar-refractivity contribution < 1.29 is 27.1 Å². The highest BCUT2D eigenvalue weighted by Gasteiger charge is 2.32. The number of rotatable bonds is 8. The van der Waals surface area contributed by atoms with Crippen LogP contribution in [0.4, 0.5) is 23.2 Å². The van der Waals surface area contributed by atoms with Gasteiger partial charge in [-0.2, -0.15) is 0 Å². The molecule has 0 aliphatic carbocycles. The zero-order valence-corrected chi connectivity index (χ0v) is 20.3. The maximum Gasteiger partial charge on any atom is 0.573 e. The third-order valence-corrected chi connectivity index (χ3v) is 7.17. The van der Waals surface area contributed by atoms with E-state index < -0.39 is 17.9 Å². The SMILES string of the molecule is O=C(NCCC1CCN(Cc2ccccc2)CC1)C1CCN(c2ccc(OC(F)(F)F)cc2F)CC1. The van der Waals surface area contributed by atoms with Crippen molar-refractivity contribution in [3.8, 4) is 5.75 Å². The minimum atomic E-state index is -4.86. The van der Waals surface area contributed by atoms with Crippen LogP contribution in [0.1, 0.15) is 37.7 Å². The van der Waals surface area contributed by atoms with E-state index in [0.717, 1.165) is 51.0 Å². The maximum atomic E-state index is 14.4. The zero-order valence-electron chi connectivity index (χ0n) is 20.3. The monoisotopic (exact) mass is 507 g/mol.